The first-order chi connectivity index (χ1) is 14.9. The van der Waals surface area contributed by atoms with E-state index in [1.807, 2.05) is 37.2 Å². The molecule has 1 unspecified atom stereocenters. The highest BCUT2D eigenvalue weighted by atomic mass is 19.1. The molecule has 7 heteroatoms. The molecule has 0 fully saturated rings. The summed E-state index contributed by atoms with van der Waals surface area (Å²) < 4.78 is 39.6. The third kappa shape index (κ3) is 6.70. The lowest BCUT2D eigenvalue weighted by atomic mass is 10.0. The summed E-state index contributed by atoms with van der Waals surface area (Å²) in [6, 6.07) is 6.01. The van der Waals surface area contributed by atoms with E-state index in [0.717, 1.165) is 17.6 Å². The van der Waals surface area contributed by atoms with E-state index in [9.17, 15) is 13.2 Å². The molecule has 0 aliphatic carbocycles. The molecule has 2 rings (SSSR count). The van der Waals surface area contributed by atoms with Crippen LogP contribution in [0.4, 0.5) is 19.1 Å². The zero-order valence-corrected chi connectivity index (χ0v) is 18.2. The number of hydrogen-bond acceptors (Lipinski definition) is 4. The molecule has 166 valence electrons. The van der Waals surface area contributed by atoms with Crippen molar-refractivity contribution in [3.8, 4) is 0 Å². The maximum Gasteiger partial charge on any atom is 0.223 e. The number of halogens is 3. The molecule has 1 aromatic heterocycles. The lowest BCUT2D eigenvalue weighted by molar-refractivity contribution is 0.327. The fraction of sp³-hybridized carbons (Fsp3) is 0.333. The number of benzene rings is 1. The van der Waals surface area contributed by atoms with E-state index in [-0.39, 0.29) is 17.8 Å². The minimum Gasteiger partial charge on any atom is -0.373 e. The predicted molar refractivity (Wildman–Crippen MR) is 121 cm³/mol. The Bertz CT molecular complexity index is 923. The smallest absolute Gasteiger partial charge is 0.223 e. The van der Waals surface area contributed by atoms with Gasteiger partial charge in [-0.1, -0.05) is 37.8 Å². The quantitative estimate of drug-likeness (QED) is 0.457. The van der Waals surface area contributed by atoms with Crippen LogP contribution >= 0.6 is 0 Å². The highest BCUT2D eigenvalue weighted by Gasteiger charge is 2.14. The van der Waals surface area contributed by atoms with E-state index >= 15 is 0 Å². The normalized spacial score (nSPS) is 12.9. The van der Waals surface area contributed by atoms with E-state index < -0.39 is 19.4 Å². The van der Waals surface area contributed by atoms with Gasteiger partial charge in [-0.15, -0.1) is 0 Å². The SMILES string of the molecule is C=C/C=C(\C=C/N(C)C(CC)c1ccc(C)c(F)c1)c1ccnc(NC(CF)CF)n1. The van der Waals surface area contributed by atoms with Crippen LogP contribution in [0.25, 0.3) is 5.57 Å². The summed E-state index contributed by atoms with van der Waals surface area (Å²) >= 11 is 0. The van der Waals surface area contributed by atoms with Gasteiger partial charge < -0.3 is 10.2 Å². The van der Waals surface area contributed by atoms with Gasteiger partial charge in [0.05, 0.1) is 17.8 Å². The standard InChI is InChI=1S/C24H29F3N4/c1-5-7-18(22-10-12-28-24(30-22)29-20(15-25)16-26)11-13-31(4)23(6-2)19-9-8-17(3)21(27)14-19/h5,7-14,20,23H,1,6,15-16H2,2-4H3,(H,28,29,30)/b13-11-,18-7+. The summed E-state index contributed by atoms with van der Waals surface area (Å²) in [6.45, 7) is 5.81. The zero-order valence-electron chi connectivity index (χ0n) is 18.2. The first-order valence-electron chi connectivity index (χ1n) is 10.1. The number of hydrogen-bond donors (Lipinski definition) is 1. The van der Waals surface area contributed by atoms with Gasteiger partial charge >= 0.3 is 0 Å². The van der Waals surface area contributed by atoms with Crippen LogP contribution in [-0.4, -0.2) is 41.3 Å². The second-order valence-corrected chi connectivity index (χ2v) is 7.19. The van der Waals surface area contributed by atoms with Crippen molar-refractivity contribution in [1.82, 2.24) is 14.9 Å². The molecule has 0 spiro atoms. The van der Waals surface area contributed by atoms with Crippen molar-refractivity contribution in [1.29, 1.82) is 0 Å². The van der Waals surface area contributed by atoms with Gasteiger partial charge in [0.2, 0.25) is 5.95 Å². The van der Waals surface area contributed by atoms with Gasteiger partial charge in [-0.2, -0.15) is 0 Å². The second kappa shape index (κ2) is 11.9. The summed E-state index contributed by atoms with van der Waals surface area (Å²) in [5.74, 6) is -0.0717. The Morgan fingerprint density at radius 2 is 2.00 bits per heavy atom. The Morgan fingerprint density at radius 3 is 2.61 bits per heavy atom. The fourth-order valence-electron chi connectivity index (χ4n) is 3.12. The number of alkyl halides is 2. The maximum atomic E-state index is 14.0. The summed E-state index contributed by atoms with van der Waals surface area (Å²) in [6.07, 6.45) is 9.49. The van der Waals surface area contributed by atoms with Gasteiger partial charge in [0.1, 0.15) is 19.2 Å². The molecule has 0 saturated carbocycles. The van der Waals surface area contributed by atoms with E-state index in [4.69, 9.17) is 0 Å². The molecule has 1 N–H and O–H groups in total. The Hall–Kier alpha value is -3.09. The summed E-state index contributed by atoms with van der Waals surface area (Å²) in [7, 11) is 1.92. The largest absolute Gasteiger partial charge is 0.373 e. The maximum absolute atomic E-state index is 14.0. The van der Waals surface area contributed by atoms with Crippen LogP contribution < -0.4 is 5.32 Å². The van der Waals surface area contributed by atoms with E-state index in [1.54, 1.807) is 37.3 Å². The molecule has 31 heavy (non-hydrogen) atoms. The number of allylic oxidation sites excluding steroid dienone is 4. The Balaban J connectivity index is 2.24. The Labute approximate surface area is 182 Å². The lowest BCUT2D eigenvalue weighted by Crippen LogP contribution is -2.25. The van der Waals surface area contributed by atoms with E-state index in [2.05, 4.69) is 21.9 Å². The van der Waals surface area contributed by atoms with E-state index in [1.165, 1.54) is 6.20 Å². The van der Waals surface area contributed by atoms with Gasteiger partial charge in [0.25, 0.3) is 0 Å². The third-order valence-electron chi connectivity index (χ3n) is 4.90. The number of rotatable bonds is 11. The molecule has 1 atom stereocenters. The number of nitrogens with one attached hydrogen (secondary N) is 1. The molecule has 1 aromatic carbocycles. The second-order valence-electron chi connectivity index (χ2n) is 7.19. The number of nitrogens with zero attached hydrogens (tertiary/aromatic N) is 3. The van der Waals surface area contributed by atoms with Gasteiger partial charge in [0, 0.05) is 18.8 Å². The van der Waals surface area contributed by atoms with E-state index in [0.29, 0.717) is 11.3 Å². The first kappa shape index (κ1) is 24.2. The van der Waals surface area contributed by atoms with Crippen LogP contribution in [0.3, 0.4) is 0 Å². The zero-order chi connectivity index (χ0) is 22.8. The van der Waals surface area contributed by atoms with Crippen molar-refractivity contribution >= 4 is 11.5 Å². The Kier molecular flexibility index (Phi) is 9.31. The number of anilines is 1. The van der Waals surface area contributed by atoms with Gasteiger partial charge in [-0.3, -0.25) is 0 Å². The van der Waals surface area contributed by atoms with Crippen molar-refractivity contribution in [3.63, 3.8) is 0 Å². The molecule has 0 amide bonds. The van der Waals surface area contributed by atoms with Crippen molar-refractivity contribution in [2.45, 2.75) is 32.4 Å². The lowest BCUT2D eigenvalue weighted by Gasteiger charge is -2.26. The highest BCUT2D eigenvalue weighted by molar-refractivity contribution is 5.73. The molecular formula is C24H29F3N4. The molecule has 0 radical (unpaired) electrons. The molecule has 0 bridgehead atoms. The van der Waals surface area contributed by atoms with Crippen molar-refractivity contribution < 1.29 is 13.2 Å². The van der Waals surface area contributed by atoms with Gasteiger partial charge in [-0.05, 0) is 48.9 Å². The minimum absolute atomic E-state index is 0.00572. The van der Waals surface area contributed by atoms with Crippen LogP contribution in [-0.2, 0) is 0 Å². The fourth-order valence-corrected chi connectivity index (χ4v) is 3.12. The first-order valence-corrected chi connectivity index (χ1v) is 10.1. The number of aryl methyl sites for hydroxylation is 1. The molecule has 2 aromatic rings. The topological polar surface area (TPSA) is 41.1 Å². The third-order valence-corrected chi connectivity index (χ3v) is 4.90. The molecule has 0 aliphatic rings. The summed E-state index contributed by atoms with van der Waals surface area (Å²) in [4.78, 5) is 10.4. The van der Waals surface area contributed by atoms with Gasteiger partial charge in [0.15, 0.2) is 0 Å². The van der Waals surface area contributed by atoms with Crippen LogP contribution in [0.15, 0.2) is 61.5 Å². The van der Waals surface area contributed by atoms with Crippen molar-refractivity contribution in [2.24, 2.45) is 0 Å². The van der Waals surface area contributed by atoms with Crippen molar-refractivity contribution in [2.75, 3.05) is 25.7 Å². The van der Waals surface area contributed by atoms with Crippen LogP contribution in [0, 0.1) is 12.7 Å². The number of aromatic nitrogens is 2. The molecule has 4 nitrogen and oxygen atoms in total. The average Bonchev–Trinajstić information content (AvgIpc) is 2.78. The Morgan fingerprint density at radius 1 is 1.26 bits per heavy atom. The molecular weight excluding hydrogens is 401 g/mol. The summed E-state index contributed by atoms with van der Waals surface area (Å²) in [5, 5.41) is 2.64. The molecule has 0 aliphatic heterocycles. The van der Waals surface area contributed by atoms with Gasteiger partial charge in [-0.25, -0.2) is 23.1 Å². The van der Waals surface area contributed by atoms with Crippen LogP contribution in [0.5, 0.6) is 0 Å². The molecule has 0 saturated heterocycles. The van der Waals surface area contributed by atoms with Crippen LogP contribution in [0.2, 0.25) is 0 Å². The average molecular weight is 431 g/mol. The predicted octanol–water partition coefficient (Wildman–Crippen LogP) is 5.81. The minimum atomic E-state index is -0.982. The monoisotopic (exact) mass is 430 g/mol. The highest BCUT2D eigenvalue weighted by Crippen LogP contribution is 2.26. The molecule has 1 heterocycles. The van der Waals surface area contributed by atoms with Crippen LogP contribution in [0.1, 0.15) is 36.2 Å². The van der Waals surface area contributed by atoms with Crippen molar-refractivity contribution in [3.05, 3.63) is 84.1 Å². The summed E-state index contributed by atoms with van der Waals surface area (Å²) in [5.41, 5.74) is 2.83.